The van der Waals surface area contributed by atoms with E-state index in [1.165, 1.54) is 0 Å². The first-order valence-corrected chi connectivity index (χ1v) is 6.91. The Hall–Kier alpha value is -2.68. The molecule has 0 N–H and O–H groups in total. The van der Waals surface area contributed by atoms with Gasteiger partial charge in [-0.2, -0.15) is 0 Å². The van der Waals surface area contributed by atoms with E-state index in [2.05, 4.69) is 4.98 Å². The van der Waals surface area contributed by atoms with Gasteiger partial charge in [-0.1, -0.05) is 36.4 Å². The van der Waals surface area contributed by atoms with Gasteiger partial charge in [-0.3, -0.25) is 0 Å². The summed E-state index contributed by atoms with van der Waals surface area (Å²) in [6, 6.07) is 19.4. The zero-order chi connectivity index (χ0) is 14.7. The SMILES string of the molecule is CCOC(=O)c1ccc2nc(-c3ccccc3)ccc2c1. The summed E-state index contributed by atoms with van der Waals surface area (Å²) in [6.07, 6.45) is 0. The number of hydrogen-bond donors (Lipinski definition) is 0. The standard InChI is InChI=1S/C18H15NO2/c1-2-21-18(20)15-9-11-17-14(12-15)8-10-16(19-17)13-6-4-3-5-7-13/h3-12H,2H2,1H3. The smallest absolute Gasteiger partial charge is 0.338 e. The zero-order valence-electron chi connectivity index (χ0n) is 11.7. The molecule has 0 amide bonds. The van der Waals surface area contributed by atoms with E-state index in [4.69, 9.17) is 4.74 Å². The van der Waals surface area contributed by atoms with Crippen LogP contribution in [0, 0.1) is 0 Å². The number of carbonyl (C=O) groups is 1. The fourth-order valence-corrected chi connectivity index (χ4v) is 2.24. The average Bonchev–Trinajstić information content (AvgIpc) is 2.55. The van der Waals surface area contributed by atoms with Crippen LogP contribution < -0.4 is 0 Å². The Balaban J connectivity index is 2.01. The molecule has 3 nitrogen and oxygen atoms in total. The van der Waals surface area contributed by atoms with Crippen molar-refractivity contribution in [2.75, 3.05) is 6.61 Å². The molecule has 1 aromatic heterocycles. The minimum absolute atomic E-state index is 0.300. The lowest BCUT2D eigenvalue weighted by atomic mass is 10.1. The molecule has 0 saturated carbocycles. The summed E-state index contributed by atoms with van der Waals surface area (Å²) in [5, 5.41) is 0.931. The van der Waals surface area contributed by atoms with E-state index in [1.807, 2.05) is 54.6 Å². The van der Waals surface area contributed by atoms with Crippen LogP contribution in [-0.4, -0.2) is 17.6 Å². The van der Waals surface area contributed by atoms with Crippen molar-refractivity contribution in [2.24, 2.45) is 0 Å². The Bertz CT molecular complexity index is 782. The quantitative estimate of drug-likeness (QED) is 0.677. The molecule has 0 bridgehead atoms. The second kappa shape index (κ2) is 5.75. The maximum absolute atomic E-state index is 11.7. The minimum atomic E-state index is -0.300. The fourth-order valence-electron chi connectivity index (χ4n) is 2.24. The largest absolute Gasteiger partial charge is 0.462 e. The van der Waals surface area contributed by atoms with Crippen LogP contribution in [0.3, 0.4) is 0 Å². The monoisotopic (exact) mass is 277 g/mol. The van der Waals surface area contributed by atoms with E-state index < -0.39 is 0 Å². The molecule has 1 heterocycles. The van der Waals surface area contributed by atoms with E-state index >= 15 is 0 Å². The Labute approximate surface area is 123 Å². The molecule has 0 aliphatic rings. The number of pyridine rings is 1. The van der Waals surface area contributed by atoms with Gasteiger partial charge in [0.2, 0.25) is 0 Å². The van der Waals surface area contributed by atoms with Gasteiger partial charge in [0.1, 0.15) is 0 Å². The lowest BCUT2D eigenvalue weighted by Gasteiger charge is -2.05. The number of aromatic nitrogens is 1. The topological polar surface area (TPSA) is 39.2 Å². The van der Waals surface area contributed by atoms with Crippen LogP contribution >= 0.6 is 0 Å². The Morgan fingerprint density at radius 2 is 1.86 bits per heavy atom. The van der Waals surface area contributed by atoms with Gasteiger partial charge in [0, 0.05) is 10.9 Å². The molecule has 21 heavy (non-hydrogen) atoms. The summed E-state index contributed by atoms with van der Waals surface area (Å²) in [7, 11) is 0. The molecular formula is C18H15NO2. The lowest BCUT2D eigenvalue weighted by molar-refractivity contribution is 0.0526. The molecule has 0 saturated heterocycles. The molecule has 0 aliphatic heterocycles. The number of hydrogen-bond acceptors (Lipinski definition) is 3. The summed E-state index contributed by atoms with van der Waals surface area (Å²) in [5.41, 5.74) is 3.42. The summed E-state index contributed by atoms with van der Waals surface area (Å²) in [4.78, 5) is 16.4. The van der Waals surface area contributed by atoms with Gasteiger partial charge < -0.3 is 4.74 Å². The van der Waals surface area contributed by atoms with Crippen LogP contribution in [0.15, 0.2) is 60.7 Å². The highest BCUT2D eigenvalue weighted by Gasteiger charge is 2.08. The van der Waals surface area contributed by atoms with Crippen molar-refractivity contribution in [2.45, 2.75) is 6.92 Å². The van der Waals surface area contributed by atoms with Crippen LogP contribution in [0.4, 0.5) is 0 Å². The van der Waals surface area contributed by atoms with Crippen molar-refractivity contribution in [1.29, 1.82) is 0 Å². The van der Waals surface area contributed by atoms with Crippen LogP contribution in [0.2, 0.25) is 0 Å². The van der Waals surface area contributed by atoms with E-state index in [0.29, 0.717) is 12.2 Å². The Kier molecular flexibility index (Phi) is 3.65. The highest BCUT2D eigenvalue weighted by Crippen LogP contribution is 2.21. The fraction of sp³-hybridized carbons (Fsp3) is 0.111. The molecular weight excluding hydrogens is 262 g/mol. The maximum Gasteiger partial charge on any atom is 0.338 e. The predicted molar refractivity (Wildman–Crippen MR) is 83.1 cm³/mol. The highest BCUT2D eigenvalue weighted by molar-refractivity contribution is 5.94. The van der Waals surface area contributed by atoms with Crippen molar-refractivity contribution in [3.05, 3.63) is 66.2 Å². The third kappa shape index (κ3) is 2.77. The Morgan fingerprint density at radius 3 is 2.62 bits per heavy atom. The molecule has 3 heteroatoms. The van der Waals surface area contributed by atoms with E-state index in [0.717, 1.165) is 22.2 Å². The van der Waals surface area contributed by atoms with Crippen molar-refractivity contribution >= 4 is 16.9 Å². The molecule has 0 fully saturated rings. The summed E-state index contributed by atoms with van der Waals surface area (Å²) in [6.45, 7) is 2.18. The van der Waals surface area contributed by atoms with Crippen LogP contribution in [0.25, 0.3) is 22.2 Å². The van der Waals surface area contributed by atoms with Crippen molar-refractivity contribution in [3.63, 3.8) is 0 Å². The van der Waals surface area contributed by atoms with Gasteiger partial charge in [-0.05, 0) is 31.2 Å². The first-order chi connectivity index (χ1) is 10.3. The third-order valence-corrected chi connectivity index (χ3v) is 3.27. The molecule has 3 rings (SSSR count). The maximum atomic E-state index is 11.7. The van der Waals surface area contributed by atoms with Gasteiger partial charge in [0.25, 0.3) is 0 Å². The van der Waals surface area contributed by atoms with Crippen molar-refractivity contribution < 1.29 is 9.53 Å². The molecule has 0 aliphatic carbocycles. The van der Waals surface area contributed by atoms with E-state index in [1.54, 1.807) is 13.0 Å². The van der Waals surface area contributed by atoms with Crippen LogP contribution in [0.1, 0.15) is 17.3 Å². The van der Waals surface area contributed by atoms with Gasteiger partial charge >= 0.3 is 5.97 Å². The highest BCUT2D eigenvalue weighted by atomic mass is 16.5. The van der Waals surface area contributed by atoms with Gasteiger partial charge in [0.05, 0.1) is 23.4 Å². The summed E-state index contributed by atoms with van der Waals surface area (Å²) < 4.78 is 5.01. The van der Waals surface area contributed by atoms with Crippen molar-refractivity contribution in [1.82, 2.24) is 4.98 Å². The molecule has 0 atom stereocenters. The second-order valence-corrected chi connectivity index (χ2v) is 4.69. The number of fused-ring (bicyclic) bond motifs is 1. The number of ether oxygens (including phenoxy) is 1. The van der Waals surface area contributed by atoms with Gasteiger partial charge in [0.15, 0.2) is 0 Å². The first kappa shape index (κ1) is 13.3. The summed E-state index contributed by atoms with van der Waals surface area (Å²) >= 11 is 0. The molecule has 104 valence electrons. The van der Waals surface area contributed by atoms with Crippen LogP contribution in [-0.2, 0) is 4.74 Å². The van der Waals surface area contributed by atoms with Crippen molar-refractivity contribution in [3.8, 4) is 11.3 Å². The normalized spacial score (nSPS) is 10.5. The second-order valence-electron chi connectivity index (χ2n) is 4.69. The third-order valence-electron chi connectivity index (χ3n) is 3.27. The molecule has 2 aromatic carbocycles. The van der Waals surface area contributed by atoms with Gasteiger partial charge in [-0.25, -0.2) is 9.78 Å². The molecule has 0 radical (unpaired) electrons. The molecule has 3 aromatic rings. The summed E-state index contributed by atoms with van der Waals surface area (Å²) in [5.74, 6) is -0.300. The predicted octanol–water partition coefficient (Wildman–Crippen LogP) is 4.08. The number of carbonyl (C=O) groups excluding carboxylic acids is 1. The first-order valence-electron chi connectivity index (χ1n) is 6.91. The average molecular weight is 277 g/mol. The number of benzene rings is 2. The van der Waals surface area contributed by atoms with Gasteiger partial charge in [-0.15, -0.1) is 0 Å². The molecule has 0 spiro atoms. The number of nitrogens with zero attached hydrogens (tertiary/aromatic N) is 1. The van der Waals surface area contributed by atoms with E-state index in [9.17, 15) is 4.79 Å². The minimum Gasteiger partial charge on any atom is -0.462 e. The zero-order valence-corrected chi connectivity index (χ0v) is 11.7. The number of esters is 1. The Morgan fingerprint density at radius 1 is 1.05 bits per heavy atom. The number of rotatable bonds is 3. The van der Waals surface area contributed by atoms with E-state index in [-0.39, 0.29) is 5.97 Å². The lowest BCUT2D eigenvalue weighted by Crippen LogP contribution is -2.04. The van der Waals surface area contributed by atoms with Crippen LogP contribution in [0.5, 0.6) is 0 Å². The molecule has 0 unspecified atom stereocenters.